The molecule has 1 aliphatic heterocycles. The van der Waals surface area contributed by atoms with Gasteiger partial charge < -0.3 is 10.2 Å². The number of aryl methyl sites for hydroxylation is 1. The van der Waals surface area contributed by atoms with Crippen LogP contribution in [0.5, 0.6) is 0 Å². The second-order valence-corrected chi connectivity index (χ2v) is 5.43. The molecule has 1 aliphatic rings. The van der Waals surface area contributed by atoms with Crippen molar-refractivity contribution < 1.29 is 4.79 Å². The summed E-state index contributed by atoms with van der Waals surface area (Å²) in [7, 11) is 0. The number of nitrogens with one attached hydrogen (secondary N) is 1. The first kappa shape index (κ1) is 13.6. The van der Waals surface area contributed by atoms with Crippen LogP contribution in [0.25, 0.3) is 0 Å². The van der Waals surface area contributed by atoms with Gasteiger partial charge in [0.05, 0.1) is 6.04 Å². The number of hydrogen-bond donors (Lipinski definition) is 1. The van der Waals surface area contributed by atoms with Crippen molar-refractivity contribution >= 4 is 11.7 Å². The lowest BCUT2D eigenvalue weighted by Gasteiger charge is -2.25. The maximum Gasteiger partial charge on any atom is 0.322 e. The molecule has 1 aromatic carbocycles. The van der Waals surface area contributed by atoms with Crippen molar-refractivity contribution in [2.45, 2.75) is 25.8 Å². The van der Waals surface area contributed by atoms with E-state index in [4.69, 9.17) is 0 Å². The minimum absolute atomic E-state index is 0.0295. The molecule has 1 aromatic heterocycles. The Balaban J connectivity index is 1.73. The number of urea groups is 1. The van der Waals surface area contributed by atoms with E-state index in [1.165, 1.54) is 5.56 Å². The van der Waals surface area contributed by atoms with E-state index in [1.807, 2.05) is 48.2 Å². The largest absolute Gasteiger partial charge is 0.322 e. The maximum atomic E-state index is 12.5. The van der Waals surface area contributed by atoms with Gasteiger partial charge in [-0.1, -0.05) is 17.7 Å². The van der Waals surface area contributed by atoms with Crippen molar-refractivity contribution in [3.05, 3.63) is 59.9 Å². The van der Waals surface area contributed by atoms with Crippen LogP contribution < -0.4 is 5.32 Å². The Morgan fingerprint density at radius 2 is 1.90 bits per heavy atom. The number of nitrogens with zero attached hydrogens (tertiary/aromatic N) is 2. The Hall–Kier alpha value is -2.36. The summed E-state index contributed by atoms with van der Waals surface area (Å²) in [5.41, 5.74) is 3.18. The molecule has 4 nitrogen and oxygen atoms in total. The molecule has 2 aromatic rings. The average molecular weight is 281 g/mol. The van der Waals surface area contributed by atoms with Gasteiger partial charge in [0.15, 0.2) is 0 Å². The SMILES string of the molecule is Cc1ccc(NC(=O)N2CCCC2c2ccncc2)cc1. The molecule has 4 heteroatoms. The molecule has 0 spiro atoms. The lowest BCUT2D eigenvalue weighted by molar-refractivity contribution is 0.207. The number of anilines is 1. The van der Waals surface area contributed by atoms with Crippen molar-refractivity contribution in [1.29, 1.82) is 0 Å². The first-order valence-electron chi connectivity index (χ1n) is 7.28. The summed E-state index contributed by atoms with van der Waals surface area (Å²) in [6.45, 7) is 2.83. The molecule has 0 aliphatic carbocycles. The second kappa shape index (κ2) is 5.95. The highest BCUT2D eigenvalue weighted by Gasteiger charge is 2.29. The van der Waals surface area contributed by atoms with Gasteiger partial charge in [0.25, 0.3) is 0 Å². The zero-order chi connectivity index (χ0) is 14.7. The fourth-order valence-corrected chi connectivity index (χ4v) is 2.77. The molecule has 0 saturated carbocycles. The third kappa shape index (κ3) is 3.05. The average Bonchev–Trinajstić information content (AvgIpc) is 3.00. The highest BCUT2D eigenvalue weighted by atomic mass is 16.2. The maximum absolute atomic E-state index is 12.5. The Bertz CT molecular complexity index is 610. The molecule has 21 heavy (non-hydrogen) atoms. The molecule has 1 unspecified atom stereocenters. The van der Waals surface area contributed by atoms with Crippen molar-refractivity contribution in [3.63, 3.8) is 0 Å². The van der Waals surface area contributed by atoms with Crippen LogP contribution in [-0.4, -0.2) is 22.5 Å². The van der Waals surface area contributed by atoms with Crippen molar-refractivity contribution in [1.82, 2.24) is 9.88 Å². The first-order chi connectivity index (χ1) is 10.2. The van der Waals surface area contributed by atoms with Crippen molar-refractivity contribution in [2.24, 2.45) is 0 Å². The third-order valence-electron chi connectivity index (χ3n) is 3.91. The smallest absolute Gasteiger partial charge is 0.317 e. The topological polar surface area (TPSA) is 45.2 Å². The first-order valence-corrected chi connectivity index (χ1v) is 7.28. The number of rotatable bonds is 2. The highest BCUT2D eigenvalue weighted by molar-refractivity contribution is 5.89. The number of carbonyl (C=O) groups is 1. The molecule has 3 rings (SSSR count). The fraction of sp³-hybridized carbons (Fsp3) is 0.294. The molecule has 1 saturated heterocycles. The van der Waals surface area contributed by atoms with E-state index in [9.17, 15) is 4.79 Å². The molecular weight excluding hydrogens is 262 g/mol. The number of carbonyl (C=O) groups excluding carboxylic acids is 1. The second-order valence-electron chi connectivity index (χ2n) is 5.43. The van der Waals surface area contributed by atoms with Crippen LogP contribution in [-0.2, 0) is 0 Å². The molecule has 2 heterocycles. The molecule has 0 bridgehead atoms. The summed E-state index contributed by atoms with van der Waals surface area (Å²) in [6.07, 6.45) is 5.60. The molecule has 1 N–H and O–H groups in total. The Morgan fingerprint density at radius 1 is 1.19 bits per heavy atom. The number of hydrogen-bond acceptors (Lipinski definition) is 2. The summed E-state index contributed by atoms with van der Waals surface area (Å²) in [5.74, 6) is 0. The van der Waals surface area contributed by atoms with E-state index in [0.717, 1.165) is 30.6 Å². The predicted molar refractivity (Wildman–Crippen MR) is 83.1 cm³/mol. The van der Waals surface area contributed by atoms with E-state index < -0.39 is 0 Å². The summed E-state index contributed by atoms with van der Waals surface area (Å²) in [5, 5.41) is 2.98. The lowest BCUT2D eigenvalue weighted by Crippen LogP contribution is -2.34. The minimum atomic E-state index is -0.0295. The standard InChI is InChI=1S/C17H19N3O/c1-13-4-6-15(7-5-13)19-17(21)20-12-2-3-16(20)14-8-10-18-11-9-14/h4-11,16H,2-3,12H2,1H3,(H,19,21). The van der Waals surface area contributed by atoms with Crippen LogP contribution in [0.15, 0.2) is 48.8 Å². The number of amides is 2. The van der Waals surface area contributed by atoms with Crippen LogP contribution in [0.3, 0.4) is 0 Å². The molecule has 1 fully saturated rings. The highest BCUT2D eigenvalue weighted by Crippen LogP contribution is 2.31. The van der Waals surface area contributed by atoms with E-state index >= 15 is 0 Å². The lowest BCUT2D eigenvalue weighted by atomic mass is 10.1. The minimum Gasteiger partial charge on any atom is -0.317 e. The van der Waals surface area contributed by atoms with Gasteiger partial charge in [0.1, 0.15) is 0 Å². The Labute approximate surface area is 124 Å². The molecule has 108 valence electrons. The van der Waals surface area contributed by atoms with Gasteiger partial charge in [-0.3, -0.25) is 4.98 Å². The van der Waals surface area contributed by atoms with Gasteiger partial charge in [-0.15, -0.1) is 0 Å². The number of benzene rings is 1. The monoisotopic (exact) mass is 281 g/mol. The zero-order valence-electron chi connectivity index (χ0n) is 12.1. The molecule has 0 radical (unpaired) electrons. The number of aromatic nitrogens is 1. The van der Waals surface area contributed by atoms with Crippen molar-refractivity contribution in [3.8, 4) is 0 Å². The van der Waals surface area contributed by atoms with E-state index in [-0.39, 0.29) is 12.1 Å². The molecule has 2 amide bonds. The van der Waals surface area contributed by atoms with Crippen LogP contribution in [0.1, 0.15) is 30.0 Å². The van der Waals surface area contributed by atoms with E-state index in [0.29, 0.717) is 0 Å². The van der Waals surface area contributed by atoms with Gasteiger partial charge in [0.2, 0.25) is 0 Å². The van der Waals surface area contributed by atoms with Crippen LogP contribution >= 0.6 is 0 Å². The van der Waals surface area contributed by atoms with Gasteiger partial charge in [-0.25, -0.2) is 4.79 Å². The summed E-state index contributed by atoms with van der Waals surface area (Å²) >= 11 is 0. The van der Waals surface area contributed by atoms with Gasteiger partial charge in [0, 0.05) is 24.6 Å². The Kier molecular flexibility index (Phi) is 3.86. The predicted octanol–water partition coefficient (Wildman–Crippen LogP) is 3.76. The van der Waals surface area contributed by atoms with Crippen molar-refractivity contribution in [2.75, 3.05) is 11.9 Å². The molecular formula is C17H19N3O. The van der Waals surface area contributed by atoms with Gasteiger partial charge >= 0.3 is 6.03 Å². The molecule has 1 atom stereocenters. The normalized spacial score (nSPS) is 17.8. The number of pyridine rings is 1. The summed E-state index contributed by atoms with van der Waals surface area (Å²) < 4.78 is 0. The zero-order valence-corrected chi connectivity index (χ0v) is 12.1. The van der Waals surface area contributed by atoms with Crippen LogP contribution in [0.4, 0.5) is 10.5 Å². The summed E-state index contributed by atoms with van der Waals surface area (Å²) in [6, 6.07) is 12.0. The van der Waals surface area contributed by atoms with Gasteiger partial charge in [-0.2, -0.15) is 0 Å². The number of likely N-dealkylation sites (tertiary alicyclic amines) is 1. The fourth-order valence-electron chi connectivity index (χ4n) is 2.77. The van der Waals surface area contributed by atoms with E-state index in [1.54, 1.807) is 12.4 Å². The summed E-state index contributed by atoms with van der Waals surface area (Å²) in [4.78, 5) is 18.4. The van der Waals surface area contributed by atoms with Crippen LogP contribution in [0.2, 0.25) is 0 Å². The third-order valence-corrected chi connectivity index (χ3v) is 3.91. The Morgan fingerprint density at radius 3 is 2.62 bits per heavy atom. The van der Waals surface area contributed by atoms with Crippen LogP contribution in [0, 0.1) is 6.92 Å². The van der Waals surface area contributed by atoms with E-state index in [2.05, 4.69) is 10.3 Å². The van der Waals surface area contributed by atoms with Gasteiger partial charge in [-0.05, 0) is 49.6 Å². The quantitative estimate of drug-likeness (QED) is 0.911.